The molecule has 1 aliphatic carbocycles. The van der Waals surface area contributed by atoms with Gasteiger partial charge in [0.15, 0.2) is 0 Å². The molecule has 3 rings (SSSR count). The van der Waals surface area contributed by atoms with Crippen molar-refractivity contribution in [2.24, 2.45) is 0 Å². The average Bonchev–Trinajstić information content (AvgIpc) is 2.36. The van der Waals surface area contributed by atoms with Crippen molar-refractivity contribution in [1.29, 1.82) is 0 Å². The standard InChI is InChI=1S/C15H22N2/c1-2-6-15-13(4-1)12-14(15)5-3-9-17-10-7-16-8-11-17/h1-2,4,6,14,16H,3,5,7-12H2. The fourth-order valence-electron chi connectivity index (χ4n) is 3.12. The Labute approximate surface area is 104 Å². The Balaban J connectivity index is 1.41. The summed E-state index contributed by atoms with van der Waals surface area (Å²) in [6.45, 7) is 6.11. The highest BCUT2D eigenvalue weighted by Gasteiger charge is 2.24. The Morgan fingerprint density at radius 1 is 1.18 bits per heavy atom. The van der Waals surface area contributed by atoms with Gasteiger partial charge in [-0.1, -0.05) is 24.3 Å². The van der Waals surface area contributed by atoms with Gasteiger partial charge in [-0.3, -0.25) is 0 Å². The first-order valence-electron chi connectivity index (χ1n) is 6.94. The van der Waals surface area contributed by atoms with E-state index in [4.69, 9.17) is 0 Å². The van der Waals surface area contributed by atoms with E-state index in [-0.39, 0.29) is 0 Å². The number of hydrogen-bond acceptors (Lipinski definition) is 2. The third kappa shape index (κ3) is 2.53. The minimum Gasteiger partial charge on any atom is -0.314 e. The van der Waals surface area contributed by atoms with Crippen LogP contribution in [0.3, 0.4) is 0 Å². The molecule has 0 spiro atoms. The molecule has 0 amide bonds. The molecule has 1 unspecified atom stereocenters. The Bertz CT molecular complexity index is 369. The number of rotatable bonds is 4. The zero-order chi connectivity index (χ0) is 11.5. The second-order valence-corrected chi connectivity index (χ2v) is 5.33. The molecule has 0 saturated carbocycles. The molecule has 1 fully saturated rings. The van der Waals surface area contributed by atoms with Gasteiger partial charge in [0.25, 0.3) is 0 Å². The average molecular weight is 230 g/mol. The lowest BCUT2D eigenvalue weighted by atomic mass is 9.75. The van der Waals surface area contributed by atoms with Crippen LogP contribution in [0.4, 0.5) is 0 Å². The lowest BCUT2D eigenvalue weighted by Gasteiger charge is -2.32. The fraction of sp³-hybridized carbons (Fsp3) is 0.600. The number of benzene rings is 1. The molecule has 1 saturated heterocycles. The van der Waals surface area contributed by atoms with Crippen LogP contribution in [-0.2, 0) is 6.42 Å². The summed E-state index contributed by atoms with van der Waals surface area (Å²) >= 11 is 0. The van der Waals surface area contributed by atoms with Gasteiger partial charge in [-0.25, -0.2) is 0 Å². The van der Waals surface area contributed by atoms with Crippen LogP contribution >= 0.6 is 0 Å². The molecule has 17 heavy (non-hydrogen) atoms. The van der Waals surface area contributed by atoms with Gasteiger partial charge in [0.2, 0.25) is 0 Å². The molecule has 2 heteroatoms. The summed E-state index contributed by atoms with van der Waals surface area (Å²) in [5, 5.41) is 3.41. The van der Waals surface area contributed by atoms with E-state index in [2.05, 4.69) is 34.5 Å². The van der Waals surface area contributed by atoms with Gasteiger partial charge in [-0.15, -0.1) is 0 Å². The van der Waals surface area contributed by atoms with Crippen molar-refractivity contribution in [3.8, 4) is 0 Å². The molecule has 2 aliphatic rings. The summed E-state index contributed by atoms with van der Waals surface area (Å²) in [7, 11) is 0. The molecule has 92 valence electrons. The van der Waals surface area contributed by atoms with Crippen molar-refractivity contribution < 1.29 is 0 Å². The summed E-state index contributed by atoms with van der Waals surface area (Å²) in [5.41, 5.74) is 3.20. The maximum Gasteiger partial charge on any atom is 0.0107 e. The zero-order valence-corrected chi connectivity index (χ0v) is 10.5. The molecule has 2 nitrogen and oxygen atoms in total. The molecule has 1 aromatic rings. The quantitative estimate of drug-likeness (QED) is 0.851. The predicted molar refractivity (Wildman–Crippen MR) is 71.4 cm³/mol. The number of piperazine rings is 1. The van der Waals surface area contributed by atoms with Crippen molar-refractivity contribution in [3.05, 3.63) is 35.4 Å². The first-order valence-corrected chi connectivity index (χ1v) is 6.94. The van der Waals surface area contributed by atoms with Crippen molar-refractivity contribution in [2.45, 2.75) is 25.2 Å². The van der Waals surface area contributed by atoms with E-state index in [1.54, 1.807) is 11.1 Å². The Kier molecular flexibility index (Phi) is 3.44. The maximum absolute atomic E-state index is 3.41. The largest absolute Gasteiger partial charge is 0.314 e. The first-order chi connectivity index (χ1) is 8.43. The van der Waals surface area contributed by atoms with Crippen LogP contribution in [0.1, 0.15) is 29.9 Å². The van der Waals surface area contributed by atoms with E-state index in [1.165, 1.54) is 52.0 Å². The van der Waals surface area contributed by atoms with Crippen LogP contribution in [0.2, 0.25) is 0 Å². The molecule has 1 N–H and O–H groups in total. The smallest absolute Gasteiger partial charge is 0.0107 e. The second kappa shape index (κ2) is 5.19. The summed E-state index contributed by atoms with van der Waals surface area (Å²) in [6.07, 6.45) is 4.05. The van der Waals surface area contributed by atoms with Crippen molar-refractivity contribution in [1.82, 2.24) is 10.2 Å². The van der Waals surface area contributed by atoms with E-state index in [0.717, 1.165) is 5.92 Å². The van der Waals surface area contributed by atoms with Gasteiger partial charge >= 0.3 is 0 Å². The van der Waals surface area contributed by atoms with Crippen molar-refractivity contribution in [2.75, 3.05) is 32.7 Å². The van der Waals surface area contributed by atoms with Gasteiger partial charge in [-0.2, -0.15) is 0 Å². The molecule has 1 aliphatic heterocycles. The number of hydrogen-bond donors (Lipinski definition) is 1. The highest BCUT2D eigenvalue weighted by atomic mass is 15.2. The minimum absolute atomic E-state index is 0.856. The lowest BCUT2D eigenvalue weighted by Crippen LogP contribution is -2.43. The van der Waals surface area contributed by atoms with Crippen LogP contribution in [0.25, 0.3) is 0 Å². The number of nitrogens with one attached hydrogen (secondary N) is 1. The van der Waals surface area contributed by atoms with Crippen LogP contribution in [-0.4, -0.2) is 37.6 Å². The van der Waals surface area contributed by atoms with Gasteiger partial charge in [0.1, 0.15) is 0 Å². The van der Waals surface area contributed by atoms with Gasteiger partial charge < -0.3 is 10.2 Å². The highest BCUT2D eigenvalue weighted by Crippen LogP contribution is 2.37. The van der Waals surface area contributed by atoms with E-state index in [9.17, 15) is 0 Å². The van der Waals surface area contributed by atoms with Crippen LogP contribution in [0.15, 0.2) is 24.3 Å². The topological polar surface area (TPSA) is 15.3 Å². The molecule has 0 bridgehead atoms. The summed E-state index contributed by atoms with van der Waals surface area (Å²) in [5.74, 6) is 0.856. The molecule has 0 aromatic heterocycles. The summed E-state index contributed by atoms with van der Waals surface area (Å²) in [4.78, 5) is 2.60. The Morgan fingerprint density at radius 2 is 2.00 bits per heavy atom. The van der Waals surface area contributed by atoms with Crippen molar-refractivity contribution in [3.63, 3.8) is 0 Å². The molecule has 0 radical (unpaired) electrons. The Morgan fingerprint density at radius 3 is 2.82 bits per heavy atom. The highest BCUT2D eigenvalue weighted by molar-refractivity contribution is 5.39. The molecule has 1 atom stereocenters. The van der Waals surface area contributed by atoms with Gasteiger partial charge in [0, 0.05) is 26.2 Å². The molecular formula is C15H22N2. The minimum atomic E-state index is 0.856. The molecule has 1 aromatic carbocycles. The van der Waals surface area contributed by atoms with Crippen LogP contribution < -0.4 is 5.32 Å². The molecule has 1 heterocycles. The maximum atomic E-state index is 3.41. The number of fused-ring (bicyclic) bond motifs is 1. The lowest BCUT2D eigenvalue weighted by molar-refractivity contribution is 0.233. The van der Waals surface area contributed by atoms with E-state index < -0.39 is 0 Å². The normalized spacial score (nSPS) is 24.1. The predicted octanol–water partition coefficient (Wildman–Crippen LogP) is 2.01. The number of nitrogens with zero attached hydrogens (tertiary/aromatic N) is 1. The third-order valence-electron chi connectivity index (χ3n) is 4.20. The monoisotopic (exact) mass is 230 g/mol. The summed E-state index contributed by atoms with van der Waals surface area (Å²) < 4.78 is 0. The SMILES string of the molecule is c1ccc2c(c1)CC2CCCN1CCNCC1. The van der Waals surface area contributed by atoms with Crippen LogP contribution in [0.5, 0.6) is 0 Å². The van der Waals surface area contributed by atoms with Crippen molar-refractivity contribution >= 4 is 0 Å². The Hall–Kier alpha value is -0.860. The van der Waals surface area contributed by atoms with Gasteiger partial charge in [0.05, 0.1) is 0 Å². The molecular weight excluding hydrogens is 208 g/mol. The third-order valence-corrected chi connectivity index (χ3v) is 4.20. The van der Waals surface area contributed by atoms with E-state index in [0.29, 0.717) is 0 Å². The summed E-state index contributed by atoms with van der Waals surface area (Å²) in [6, 6.07) is 8.94. The fourth-order valence-corrected chi connectivity index (χ4v) is 3.12. The van der Waals surface area contributed by atoms with Gasteiger partial charge in [-0.05, 0) is 42.9 Å². The zero-order valence-electron chi connectivity index (χ0n) is 10.5. The van der Waals surface area contributed by atoms with E-state index >= 15 is 0 Å². The van der Waals surface area contributed by atoms with Crippen LogP contribution in [0, 0.1) is 0 Å². The van der Waals surface area contributed by atoms with E-state index in [1.807, 2.05) is 0 Å². The second-order valence-electron chi connectivity index (χ2n) is 5.33. The first kappa shape index (κ1) is 11.2.